The topological polar surface area (TPSA) is 130 Å². The zero-order chi connectivity index (χ0) is 36.5. The summed E-state index contributed by atoms with van der Waals surface area (Å²) < 4.78 is 10.9. The number of fused-ring (bicyclic) bond motifs is 1. The molecule has 3 amide bonds. The number of thiophene rings is 1. The zero-order valence-corrected chi connectivity index (χ0v) is 30.2. The van der Waals surface area contributed by atoms with Crippen LogP contribution in [0.1, 0.15) is 55.6 Å². The van der Waals surface area contributed by atoms with Gasteiger partial charge in [0.15, 0.2) is 0 Å². The third-order valence-corrected chi connectivity index (χ3v) is 10.9. The molecule has 5 aromatic rings. The van der Waals surface area contributed by atoms with E-state index in [1.54, 1.807) is 66.7 Å². The Morgan fingerprint density at radius 2 is 1.62 bits per heavy atom. The monoisotopic (exact) mass is 728 g/mol. The first-order valence-electron chi connectivity index (χ1n) is 16.7. The number of ether oxygens (including phenoxy) is 2. The maximum Gasteiger partial charge on any atom is 0.272 e. The molecule has 9 nitrogen and oxygen atoms in total. The van der Waals surface area contributed by atoms with Crippen LogP contribution in [-0.4, -0.2) is 31.9 Å². The van der Waals surface area contributed by atoms with E-state index in [1.165, 1.54) is 48.3 Å². The number of methoxy groups -OCH3 is 2. The second kappa shape index (κ2) is 16.9. The molecule has 0 radical (unpaired) electrons. The molecule has 1 aliphatic carbocycles. The van der Waals surface area contributed by atoms with Crippen molar-refractivity contribution in [1.82, 2.24) is 5.32 Å². The minimum atomic E-state index is -0.654. The molecule has 4 aromatic carbocycles. The third-order valence-electron chi connectivity index (χ3n) is 8.47. The van der Waals surface area contributed by atoms with Crippen molar-refractivity contribution in [2.75, 3.05) is 24.9 Å². The summed E-state index contributed by atoms with van der Waals surface area (Å²) in [5.74, 6) is -0.254. The fourth-order valence-corrected chi connectivity index (χ4v) is 8.21. The van der Waals surface area contributed by atoms with Crippen molar-refractivity contribution in [3.8, 4) is 17.6 Å². The van der Waals surface area contributed by atoms with Crippen LogP contribution < -0.4 is 25.4 Å². The maximum atomic E-state index is 14.0. The first-order chi connectivity index (χ1) is 25.4. The van der Waals surface area contributed by atoms with Crippen molar-refractivity contribution < 1.29 is 23.9 Å². The Morgan fingerprint density at radius 3 is 2.35 bits per heavy atom. The SMILES string of the molecule is COc1ccc(OC)c(/C=C(/NC(=O)c2ccccc2)C(=O)Nc2cccc(SC(C(=O)Nc3sc4c(c3C#N)CCCC4)c3ccccc3)c2)c1. The van der Waals surface area contributed by atoms with Gasteiger partial charge in [-0.2, -0.15) is 5.26 Å². The molecule has 1 aromatic heterocycles. The second-order valence-corrected chi connectivity index (χ2v) is 14.2. The highest BCUT2D eigenvalue weighted by Crippen LogP contribution is 2.41. The van der Waals surface area contributed by atoms with Crippen molar-refractivity contribution >= 4 is 57.6 Å². The molecule has 262 valence electrons. The summed E-state index contributed by atoms with van der Waals surface area (Å²) in [6.07, 6.45) is 5.41. The van der Waals surface area contributed by atoms with Gasteiger partial charge in [-0.15, -0.1) is 23.1 Å². The van der Waals surface area contributed by atoms with Crippen molar-refractivity contribution in [1.29, 1.82) is 5.26 Å². The van der Waals surface area contributed by atoms with E-state index in [2.05, 4.69) is 22.0 Å². The predicted molar refractivity (Wildman–Crippen MR) is 206 cm³/mol. The molecule has 0 saturated carbocycles. The highest BCUT2D eigenvalue weighted by atomic mass is 32.2. The van der Waals surface area contributed by atoms with Gasteiger partial charge in [0.25, 0.3) is 11.8 Å². The number of nitriles is 1. The summed E-state index contributed by atoms with van der Waals surface area (Å²) in [6, 6.07) is 32.7. The molecular formula is C41H36N4O5S2. The van der Waals surface area contributed by atoms with E-state index in [0.717, 1.165) is 41.7 Å². The molecular weight excluding hydrogens is 693 g/mol. The largest absolute Gasteiger partial charge is 0.497 e. The highest BCUT2D eigenvalue weighted by molar-refractivity contribution is 8.00. The Kier molecular flexibility index (Phi) is 11.7. The van der Waals surface area contributed by atoms with Crippen LogP contribution in [0.4, 0.5) is 10.7 Å². The molecule has 1 heterocycles. The number of hydrogen-bond donors (Lipinski definition) is 3. The van der Waals surface area contributed by atoms with Crippen LogP contribution in [0.25, 0.3) is 6.08 Å². The Balaban J connectivity index is 1.26. The minimum absolute atomic E-state index is 0.0213. The minimum Gasteiger partial charge on any atom is -0.497 e. The van der Waals surface area contributed by atoms with Gasteiger partial charge in [-0.05, 0) is 91.4 Å². The number of amides is 3. The summed E-state index contributed by atoms with van der Waals surface area (Å²) >= 11 is 2.82. The smallest absolute Gasteiger partial charge is 0.272 e. The van der Waals surface area contributed by atoms with Crippen LogP contribution in [0, 0.1) is 11.3 Å². The Hall–Kier alpha value is -5.83. The number of rotatable bonds is 12. The van der Waals surface area contributed by atoms with E-state index in [4.69, 9.17) is 9.47 Å². The molecule has 0 saturated heterocycles. The number of aryl methyl sites for hydroxylation is 1. The normalized spacial score (nSPS) is 12.8. The molecule has 0 fully saturated rings. The molecule has 0 aliphatic heterocycles. The van der Waals surface area contributed by atoms with E-state index >= 15 is 0 Å². The molecule has 3 N–H and O–H groups in total. The van der Waals surface area contributed by atoms with E-state index in [9.17, 15) is 19.6 Å². The van der Waals surface area contributed by atoms with Gasteiger partial charge in [0.2, 0.25) is 5.91 Å². The van der Waals surface area contributed by atoms with Crippen LogP contribution in [0.3, 0.4) is 0 Å². The molecule has 1 aliphatic rings. The highest BCUT2D eigenvalue weighted by Gasteiger charge is 2.27. The second-order valence-electron chi connectivity index (χ2n) is 11.9. The maximum absolute atomic E-state index is 14.0. The van der Waals surface area contributed by atoms with Crippen LogP contribution in [0.5, 0.6) is 11.5 Å². The average molecular weight is 729 g/mol. The molecule has 0 spiro atoms. The summed E-state index contributed by atoms with van der Waals surface area (Å²) in [7, 11) is 3.05. The Bertz CT molecular complexity index is 2160. The molecule has 6 rings (SSSR count). The van der Waals surface area contributed by atoms with Gasteiger partial charge < -0.3 is 25.4 Å². The number of carbonyl (C=O) groups excluding carboxylic acids is 3. The number of hydrogen-bond acceptors (Lipinski definition) is 8. The number of anilines is 2. The summed E-state index contributed by atoms with van der Waals surface area (Å²) in [5, 5.41) is 18.6. The Morgan fingerprint density at radius 1 is 0.865 bits per heavy atom. The van der Waals surface area contributed by atoms with Gasteiger partial charge in [0.05, 0.1) is 19.8 Å². The van der Waals surface area contributed by atoms with Crippen molar-refractivity contribution in [2.45, 2.75) is 35.8 Å². The van der Waals surface area contributed by atoms with E-state index in [1.807, 2.05) is 36.4 Å². The zero-order valence-electron chi connectivity index (χ0n) is 28.6. The predicted octanol–water partition coefficient (Wildman–Crippen LogP) is 8.40. The molecule has 52 heavy (non-hydrogen) atoms. The standard InChI is InChI=1S/C41H36N4O5S2/c1-49-30-20-21-35(50-2)28(22-30)23-34(44-38(46)27-14-7-4-8-15-27)39(47)43-29-16-11-17-31(24-29)51-37(26-12-5-3-6-13-26)40(48)45-41-33(25-42)32-18-9-10-19-36(32)52-41/h3-8,11-17,20-24,37H,9-10,18-19H2,1-2H3,(H,43,47)(H,44,46)(H,45,48)/b34-23+. The fourth-order valence-electron chi connectivity index (χ4n) is 5.88. The lowest BCUT2D eigenvalue weighted by Crippen LogP contribution is -2.30. The van der Waals surface area contributed by atoms with E-state index in [-0.39, 0.29) is 11.6 Å². The van der Waals surface area contributed by atoms with Gasteiger partial charge in [-0.25, -0.2) is 0 Å². The Labute approximate surface area is 310 Å². The lowest BCUT2D eigenvalue weighted by atomic mass is 9.96. The van der Waals surface area contributed by atoms with Gasteiger partial charge in [-0.3, -0.25) is 14.4 Å². The van der Waals surface area contributed by atoms with Crippen LogP contribution in [-0.2, 0) is 22.4 Å². The molecule has 1 atom stereocenters. The average Bonchev–Trinajstić information content (AvgIpc) is 3.54. The van der Waals surface area contributed by atoms with Gasteiger partial charge in [0, 0.05) is 26.6 Å². The van der Waals surface area contributed by atoms with Crippen LogP contribution >= 0.6 is 23.1 Å². The van der Waals surface area contributed by atoms with Gasteiger partial charge in [0.1, 0.15) is 33.5 Å². The van der Waals surface area contributed by atoms with E-state index in [0.29, 0.717) is 38.9 Å². The van der Waals surface area contributed by atoms with Crippen molar-refractivity contribution in [2.24, 2.45) is 0 Å². The van der Waals surface area contributed by atoms with Crippen molar-refractivity contribution in [3.05, 3.63) is 142 Å². The lowest BCUT2D eigenvalue weighted by Gasteiger charge is -2.18. The quantitative estimate of drug-likeness (QED) is 0.0869. The van der Waals surface area contributed by atoms with Gasteiger partial charge >= 0.3 is 0 Å². The summed E-state index contributed by atoms with van der Waals surface area (Å²) in [4.78, 5) is 43.0. The number of nitrogens with one attached hydrogen (secondary N) is 3. The number of nitrogens with zero attached hydrogens (tertiary/aromatic N) is 1. The number of benzene rings is 4. The summed E-state index contributed by atoms with van der Waals surface area (Å²) in [5.41, 5.74) is 3.74. The fraction of sp³-hybridized carbons (Fsp3) is 0.171. The number of carbonyl (C=O) groups is 3. The van der Waals surface area contributed by atoms with Gasteiger partial charge in [-0.1, -0.05) is 54.6 Å². The summed E-state index contributed by atoms with van der Waals surface area (Å²) in [6.45, 7) is 0. The molecule has 1 unspecified atom stereocenters. The van der Waals surface area contributed by atoms with Crippen LogP contribution in [0.2, 0.25) is 0 Å². The lowest BCUT2D eigenvalue weighted by molar-refractivity contribution is -0.116. The molecule has 0 bridgehead atoms. The van der Waals surface area contributed by atoms with Crippen molar-refractivity contribution in [3.63, 3.8) is 0 Å². The first-order valence-corrected chi connectivity index (χ1v) is 18.3. The van der Waals surface area contributed by atoms with E-state index < -0.39 is 17.1 Å². The first kappa shape index (κ1) is 36.0. The molecule has 11 heteroatoms. The third kappa shape index (κ3) is 8.54. The van der Waals surface area contributed by atoms with Crippen LogP contribution in [0.15, 0.2) is 114 Å². The number of thioether (sulfide) groups is 1.